The van der Waals surface area contributed by atoms with E-state index in [9.17, 15) is 14.7 Å². The van der Waals surface area contributed by atoms with Crippen molar-refractivity contribution in [3.63, 3.8) is 0 Å². The highest BCUT2D eigenvalue weighted by molar-refractivity contribution is 9.10. The topological polar surface area (TPSA) is 75.6 Å². The van der Waals surface area contributed by atoms with E-state index >= 15 is 0 Å². The van der Waals surface area contributed by atoms with Crippen LogP contribution in [0.5, 0.6) is 5.75 Å². The molecule has 0 saturated heterocycles. The van der Waals surface area contributed by atoms with Crippen LogP contribution in [-0.2, 0) is 16.0 Å². The molecule has 0 spiro atoms. The number of hydrogen-bond donors (Lipinski definition) is 2. The first-order chi connectivity index (χ1) is 10.5. The number of halogens is 1. The Balaban J connectivity index is 1.76. The standard InChI is InChI=1S/C16H12BrNO4/c17-12-6-5-10(8-13(12)19)18-15(20)14-7-9-3-1-2-4-11(9)16(21)22-14/h1-6,8,14,19H,7H2,(H,18,20). The number of cyclic esters (lactones) is 1. The number of nitrogens with one attached hydrogen (secondary N) is 1. The van der Waals surface area contributed by atoms with Crippen molar-refractivity contribution in [1.82, 2.24) is 0 Å². The first-order valence-corrected chi connectivity index (χ1v) is 7.42. The van der Waals surface area contributed by atoms with Gasteiger partial charge in [-0.15, -0.1) is 0 Å². The zero-order valence-corrected chi connectivity index (χ0v) is 13.0. The summed E-state index contributed by atoms with van der Waals surface area (Å²) in [6.07, 6.45) is -0.552. The zero-order chi connectivity index (χ0) is 15.7. The van der Waals surface area contributed by atoms with Gasteiger partial charge in [0.1, 0.15) is 5.75 Å². The molecular weight excluding hydrogens is 350 g/mol. The highest BCUT2D eigenvalue weighted by atomic mass is 79.9. The van der Waals surface area contributed by atoms with E-state index in [0.29, 0.717) is 22.1 Å². The van der Waals surface area contributed by atoms with E-state index in [2.05, 4.69) is 21.2 Å². The molecule has 2 aromatic rings. The molecule has 0 aliphatic carbocycles. The number of carbonyl (C=O) groups is 2. The van der Waals surface area contributed by atoms with E-state index in [1.165, 1.54) is 6.07 Å². The molecular formula is C16H12BrNO4. The number of phenolic OH excluding ortho intramolecular Hbond substituents is 1. The van der Waals surface area contributed by atoms with Gasteiger partial charge >= 0.3 is 5.97 Å². The van der Waals surface area contributed by atoms with Crippen molar-refractivity contribution in [2.45, 2.75) is 12.5 Å². The summed E-state index contributed by atoms with van der Waals surface area (Å²) in [7, 11) is 0. The van der Waals surface area contributed by atoms with Crippen molar-refractivity contribution in [3.8, 4) is 5.75 Å². The minimum atomic E-state index is -0.881. The third-order valence-electron chi connectivity index (χ3n) is 3.40. The molecule has 1 unspecified atom stereocenters. The Morgan fingerprint density at radius 1 is 1.27 bits per heavy atom. The van der Waals surface area contributed by atoms with Crippen LogP contribution in [0.15, 0.2) is 46.9 Å². The number of hydrogen-bond acceptors (Lipinski definition) is 4. The molecule has 22 heavy (non-hydrogen) atoms. The molecule has 3 rings (SSSR count). The van der Waals surface area contributed by atoms with Gasteiger partial charge in [-0.2, -0.15) is 0 Å². The Kier molecular flexibility index (Phi) is 3.85. The number of carbonyl (C=O) groups excluding carboxylic acids is 2. The van der Waals surface area contributed by atoms with Gasteiger partial charge in [0, 0.05) is 18.2 Å². The molecule has 1 amide bonds. The van der Waals surface area contributed by atoms with Gasteiger partial charge in [0.2, 0.25) is 0 Å². The molecule has 0 saturated carbocycles. The maximum atomic E-state index is 12.2. The zero-order valence-electron chi connectivity index (χ0n) is 11.4. The van der Waals surface area contributed by atoms with Crippen molar-refractivity contribution < 1.29 is 19.4 Å². The molecule has 1 atom stereocenters. The van der Waals surface area contributed by atoms with E-state index in [4.69, 9.17) is 4.74 Å². The third kappa shape index (κ3) is 2.82. The lowest BCUT2D eigenvalue weighted by Gasteiger charge is -2.23. The second-order valence-electron chi connectivity index (χ2n) is 4.91. The number of phenols is 1. The van der Waals surface area contributed by atoms with Gasteiger partial charge in [-0.3, -0.25) is 4.79 Å². The molecule has 2 N–H and O–H groups in total. The van der Waals surface area contributed by atoms with Crippen molar-refractivity contribution >= 4 is 33.5 Å². The smallest absolute Gasteiger partial charge is 0.339 e. The van der Waals surface area contributed by atoms with Crippen LogP contribution in [0.25, 0.3) is 0 Å². The molecule has 0 aromatic heterocycles. The van der Waals surface area contributed by atoms with Crippen LogP contribution < -0.4 is 5.32 Å². The number of amides is 1. The Bertz CT molecular complexity index is 760. The predicted molar refractivity (Wildman–Crippen MR) is 83.8 cm³/mol. The SMILES string of the molecule is O=C1OC(C(=O)Nc2ccc(Br)c(O)c2)Cc2ccccc21. The maximum absolute atomic E-state index is 12.2. The molecule has 5 nitrogen and oxygen atoms in total. The highest BCUT2D eigenvalue weighted by Gasteiger charge is 2.31. The number of ether oxygens (including phenoxy) is 1. The number of esters is 1. The molecule has 1 aliphatic heterocycles. The predicted octanol–water partition coefficient (Wildman–Crippen LogP) is 2.87. The van der Waals surface area contributed by atoms with Gasteiger partial charge in [0.05, 0.1) is 10.0 Å². The lowest BCUT2D eigenvalue weighted by Crippen LogP contribution is -2.37. The largest absolute Gasteiger partial charge is 0.507 e. The van der Waals surface area contributed by atoms with E-state index in [1.54, 1.807) is 24.3 Å². The lowest BCUT2D eigenvalue weighted by atomic mass is 9.98. The van der Waals surface area contributed by atoms with Gasteiger partial charge in [-0.25, -0.2) is 4.79 Å². The fourth-order valence-electron chi connectivity index (χ4n) is 2.29. The number of anilines is 1. The number of fused-ring (bicyclic) bond motifs is 1. The average molecular weight is 362 g/mol. The summed E-state index contributed by atoms with van der Waals surface area (Å²) in [5, 5.41) is 12.2. The summed E-state index contributed by atoms with van der Waals surface area (Å²) < 4.78 is 5.71. The monoisotopic (exact) mass is 361 g/mol. The lowest BCUT2D eigenvalue weighted by molar-refractivity contribution is -0.125. The summed E-state index contributed by atoms with van der Waals surface area (Å²) in [5.74, 6) is -0.908. The van der Waals surface area contributed by atoms with Crippen LogP contribution in [0.4, 0.5) is 5.69 Å². The number of aromatic hydroxyl groups is 1. The molecule has 2 aromatic carbocycles. The van der Waals surface area contributed by atoms with Crippen LogP contribution in [0.3, 0.4) is 0 Å². The summed E-state index contributed by atoms with van der Waals surface area (Å²) in [4.78, 5) is 24.1. The molecule has 0 radical (unpaired) electrons. The summed E-state index contributed by atoms with van der Waals surface area (Å²) >= 11 is 3.17. The Morgan fingerprint density at radius 3 is 2.82 bits per heavy atom. The van der Waals surface area contributed by atoms with Gasteiger partial charge in [0.15, 0.2) is 6.10 Å². The number of rotatable bonds is 2. The first-order valence-electron chi connectivity index (χ1n) is 6.63. The van der Waals surface area contributed by atoms with Gasteiger partial charge < -0.3 is 15.2 Å². The van der Waals surface area contributed by atoms with Crippen LogP contribution in [0, 0.1) is 0 Å². The molecule has 1 aliphatic rings. The van der Waals surface area contributed by atoms with Gasteiger partial charge in [-0.05, 0) is 39.7 Å². The third-order valence-corrected chi connectivity index (χ3v) is 4.07. The molecule has 1 heterocycles. The molecule has 0 fully saturated rings. The van der Waals surface area contributed by atoms with E-state index < -0.39 is 18.0 Å². The second-order valence-corrected chi connectivity index (χ2v) is 5.77. The minimum absolute atomic E-state index is 0.0174. The fraction of sp³-hybridized carbons (Fsp3) is 0.125. The minimum Gasteiger partial charge on any atom is -0.507 e. The quantitative estimate of drug-likeness (QED) is 0.806. The first kappa shape index (κ1) is 14.6. The van der Waals surface area contributed by atoms with Crippen molar-refractivity contribution in [2.24, 2.45) is 0 Å². The second kappa shape index (κ2) is 5.81. The average Bonchev–Trinajstić information content (AvgIpc) is 2.51. The summed E-state index contributed by atoms with van der Waals surface area (Å²) in [6, 6.07) is 11.7. The maximum Gasteiger partial charge on any atom is 0.339 e. The Labute approximate surface area is 135 Å². The van der Waals surface area contributed by atoms with Crippen LogP contribution in [-0.4, -0.2) is 23.1 Å². The van der Waals surface area contributed by atoms with E-state index in [0.717, 1.165) is 5.56 Å². The van der Waals surface area contributed by atoms with Crippen LogP contribution >= 0.6 is 15.9 Å². The highest BCUT2D eigenvalue weighted by Crippen LogP contribution is 2.27. The van der Waals surface area contributed by atoms with E-state index in [-0.39, 0.29) is 5.75 Å². The molecule has 6 heteroatoms. The van der Waals surface area contributed by atoms with Crippen molar-refractivity contribution in [1.29, 1.82) is 0 Å². The van der Waals surface area contributed by atoms with Crippen LogP contribution in [0.1, 0.15) is 15.9 Å². The molecule has 0 bridgehead atoms. The number of benzene rings is 2. The van der Waals surface area contributed by atoms with Gasteiger partial charge in [0.25, 0.3) is 5.91 Å². The van der Waals surface area contributed by atoms with Crippen molar-refractivity contribution in [2.75, 3.05) is 5.32 Å². The summed E-state index contributed by atoms with van der Waals surface area (Å²) in [6.45, 7) is 0. The fourth-order valence-corrected chi connectivity index (χ4v) is 2.54. The summed E-state index contributed by atoms with van der Waals surface area (Å²) in [5.41, 5.74) is 1.71. The Hall–Kier alpha value is -2.34. The van der Waals surface area contributed by atoms with E-state index in [1.807, 2.05) is 12.1 Å². The molecule has 112 valence electrons. The Morgan fingerprint density at radius 2 is 2.05 bits per heavy atom. The van der Waals surface area contributed by atoms with Crippen LogP contribution in [0.2, 0.25) is 0 Å². The van der Waals surface area contributed by atoms with Gasteiger partial charge in [-0.1, -0.05) is 18.2 Å². The normalized spacial score (nSPS) is 16.6. The van der Waals surface area contributed by atoms with Crippen molar-refractivity contribution in [3.05, 3.63) is 58.1 Å².